The van der Waals surface area contributed by atoms with E-state index in [0.29, 0.717) is 0 Å². The summed E-state index contributed by atoms with van der Waals surface area (Å²) >= 11 is 3.50. The van der Waals surface area contributed by atoms with Gasteiger partial charge in [0.25, 0.3) is 0 Å². The van der Waals surface area contributed by atoms with Gasteiger partial charge in [0.15, 0.2) is 0 Å². The molecule has 2 aromatic rings. The van der Waals surface area contributed by atoms with Gasteiger partial charge < -0.3 is 9.88 Å². The van der Waals surface area contributed by atoms with Crippen LogP contribution in [0.4, 0.5) is 5.69 Å². The van der Waals surface area contributed by atoms with Gasteiger partial charge in [0.1, 0.15) is 0 Å². The Morgan fingerprint density at radius 1 is 1.35 bits per heavy atom. The number of hydrogen-bond donors (Lipinski definition) is 1. The van der Waals surface area contributed by atoms with Crippen LogP contribution >= 0.6 is 15.9 Å². The van der Waals surface area contributed by atoms with Crippen LogP contribution in [-0.2, 0) is 13.1 Å². The van der Waals surface area contributed by atoms with Crippen molar-refractivity contribution in [3.05, 3.63) is 46.5 Å². The summed E-state index contributed by atoms with van der Waals surface area (Å²) in [4.78, 5) is 4.15. The number of anilines is 1. The minimum atomic E-state index is 0.795. The predicted octanol–water partition coefficient (Wildman–Crippen LogP) is 3.59. The fourth-order valence-corrected chi connectivity index (χ4v) is 2.42. The maximum absolute atomic E-state index is 4.15. The van der Waals surface area contributed by atoms with E-state index in [1.165, 1.54) is 11.3 Å². The summed E-state index contributed by atoms with van der Waals surface area (Å²) in [5.41, 5.74) is 3.57. The van der Waals surface area contributed by atoms with Crippen molar-refractivity contribution in [2.75, 3.05) is 5.32 Å². The number of imidazole rings is 1. The molecule has 0 amide bonds. The second-order valence-electron chi connectivity index (χ2n) is 4.04. The van der Waals surface area contributed by atoms with Crippen molar-refractivity contribution in [1.29, 1.82) is 0 Å². The van der Waals surface area contributed by atoms with Crippen molar-refractivity contribution in [3.63, 3.8) is 0 Å². The van der Waals surface area contributed by atoms with E-state index in [9.17, 15) is 0 Å². The van der Waals surface area contributed by atoms with E-state index < -0.39 is 0 Å². The van der Waals surface area contributed by atoms with Crippen LogP contribution in [0.25, 0.3) is 0 Å². The van der Waals surface area contributed by atoms with Gasteiger partial charge in [-0.3, -0.25) is 0 Å². The summed E-state index contributed by atoms with van der Waals surface area (Å²) in [5.74, 6) is 0. The van der Waals surface area contributed by atoms with Crippen LogP contribution in [0, 0.1) is 6.92 Å². The first-order valence-corrected chi connectivity index (χ1v) is 6.48. The van der Waals surface area contributed by atoms with Crippen LogP contribution in [0.1, 0.15) is 18.2 Å². The quantitative estimate of drug-likeness (QED) is 0.934. The zero-order chi connectivity index (χ0) is 12.3. The molecule has 0 spiro atoms. The van der Waals surface area contributed by atoms with Crippen LogP contribution in [0.3, 0.4) is 0 Å². The highest BCUT2D eigenvalue weighted by molar-refractivity contribution is 9.10. The molecular formula is C13H16BrN3. The Morgan fingerprint density at radius 3 is 2.88 bits per heavy atom. The highest BCUT2D eigenvalue weighted by atomic mass is 79.9. The maximum Gasteiger partial charge on any atom is 0.0948 e. The van der Waals surface area contributed by atoms with Gasteiger partial charge in [-0.25, -0.2) is 4.98 Å². The van der Waals surface area contributed by atoms with E-state index in [2.05, 4.69) is 62.8 Å². The molecule has 3 nitrogen and oxygen atoms in total. The number of rotatable bonds is 4. The number of aryl methyl sites for hydroxylation is 2. The molecule has 0 atom stereocenters. The van der Waals surface area contributed by atoms with Crippen LogP contribution in [0.2, 0.25) is 0 Å². The van der Waals surface area contributed by atoms with Crippen LogP contribution in [0.15, 0.2) is 35.2 Å². The first kappa shape index (κ1) is 12.2. The molecule has 0 unspecified atom stereocenters. The van der Waals surface area contributed by atoms with E-state index in [-0.39, 0.29) is 0 Å². The second-order valence-corrected chi connectivity index (χ2v) is 4.96. The Kier molecular flexibility index (Phi) is 3.84. The molecule has 0 aliphatic heterocycles. The topological polar surface area (TPSA) is 29.9 Å². The molecule has 17 heavy (non-hydrogen) atoms. The Hall–Kier alpha value is -1.29. The average Bonchev–Trinajstić information content (AvgIpc) is 2.72. The zero-order valence-corrected chi connectivity index (χ0v) is 11.7. The van der Waals surface area contributed by atoms with Gasteiger partial charge >= 0.3 is 0 Å². The zero-order valence-electron chi connectivity index (χ0n) is 10.1. The minimum absolute atomic E-state index is 0.795. The van der Waals surface area contributed by atoms with Crippen molar-refractivity contribution < 1.29 is 0 Å². The lowest BCUT2D eigenvalue weighted by atomic mass is 10.2. The molecule has 0 saturated heterocycles. The number of halogens is 1. The lowest BCUT2D eigenvalue weighted by molar-refractivity contribution is 0.719. The van der Waals surface area contributed by atoms with E-state index in [4.69, 9.17) is 0 Å². The molecule has 1 aromatic carbocycles. The summed E-state index contributed by atoms with van der Waals surface area (Å²) in [6.45, 7) is 5.96. The number of hydrogen-bond acceptors (Lipinski definition) is 2. The first-order chi connectivity index (χ1) is 8.19. The van der Waals surface area contributed by atoms with Crippen molar-refractivity contribution >= 4 is 21.6 Å². The van der Waals surface area contributed by atoms with Gasteiger partial charge in [0, 0.05) is 22.9 Å². The van der Waals surface area contributed by atoms with Crippen molar-refractivity contribution in [2.24, 2.45) is 0 Å². The second kappa shape index (κ2) is 5.36. The Bertz CT molecular complexity index is 485. The molecule has 2 rings (SSSR count). The Balaban J connectivity index is 2.07. The lowest BCUT2D eigenvalue weighted by Crippen LogP contribution is -2.06. The molecule has 1 aromatic heterocycles. The fourth-order valence-electron chi connectivity index (χ4n) is 1.81. The van der Waals surface area contributed by atoms with E-state index in [1.54, 1.807) is 0 Å². The van der Waals surface area contributed by atoms with E-state index >= 15 is 0 Å². The molecule has 0 aliphatic rings. The highest BCUT2D eigenvalue weighted by Crippen LogP contribution is 2.19. The summed E-state index contributed by atoms with van der Waals surface area (Å²) in [6.07, 6.45) is 3.77. The summed E-state index contributed by atoms with van der Waals surface area (Å²) < 4.78 is 3.24. The van der Waals surface area contributed by atoms with Gasteiger partial charge in [0.05, 0.1) is 18.6 Å². The first-order valence-electron chi connectivity index (χ1n) is 5.69. The Labute approximate surface area is 110 Å². The third-order valence-corrected chi connectivity index (χ3v) is 3.11. The number of nitrogens with zero attached hydrogens (tertiary/aromatic N) is 2. The van der Waals surface area contributed by atoms with Gasteiger partial charge in [-0.1, -0.05) is 15.9 Å². The minimum Gasteiger partial charge on any atom is -0.379 e. The van der Waals surface area contributed by atoms with Gasteiger partial charge in [-0.2, -0.15) is 0 Å². The third kappa shape index (κ3) is 3.09. The molecule has 4 heteroatoms. The largest absolute Gasteiger partial charge is 0.379 e. The highest BCUT2D eigenvalue weighted by Gasteiger charge is 2.01. The molecular weight excluding hydrogens is 278 g/mol. The lowest BCUT2D eigenvalue weighted by Gasteiger charge is -2.09. The van der Waals surface area contributed by atoms with E-state index in [0.717, 1.165) is 23.2 Å². The smallest absolute Gasteiger partial charge is 0.0948 e. The third-order valence-electron chi connectivity index (χ3n) is 2.65. The normalized spacial score (nSPS) is 10.5. The molecule has 0 bridgehead atoms. The summed E-state index contributed by atoms with van der Waals surface area (Å²) in [6, 6.07) is 6.32. The number of benzene rings is 1. The van der Waals surface area contributed by atoms with Crippen molar-refractivity contribution in [1.82, 2.24) is 9.55 Å². The molecule has 0 radical (unpaired) electrons. The molecule has 1 N–H and O–H groups in total. The van der Waals surface area contributed by atoms with Gasteiger partial charge in [-0.05, 0) is 37.6 Å². The van der Waals surface area contributed by atoms with Crippen LogP contribution < -0.4 is 5.32 Å². The molecule has 0 fully saturated rings. The molecule has 0 aliphatic carbocycles. The SMILES string of the molecule is CCn1cncc1CNc1cc(C)cc(Br)c1. The van der Waals surface area contributed by atoms with Crippen molar-refractivity contribution in [2.45, 2.75) is 26.9 Å². The monoisotopic (exact) mass is 293 g/mol. The number of nitrogens with one attached hydrogen (secondary N) is 1. The fraction of sp³-hybridized carbons (Fsp3) is 0.308. The summed E-state index contributed by atoms with van der Waals surface area (Å²) in [5, 5.41) is 3.41. The van der Waals surface area contributed by atoms with E-state index in [1.807, 2.05) is 12.5 Å². The molecule has 90 valence electrons. The predicted molar refractivity (Wildman–Crippen MR) is 74.1 cm³/mol. The average molecular weight is 294 g/mol. The van der Waals surface area contributed by atoms with Crippen LogP contribution in [0.5, 0.6) is 0 Å². The van der Waals surface area contributed by atoms with Gasteiger partial charge in [-0.15, -0.1) is 0 Å². The Morgan fingerprint density at radius 2 is 2.18 bits per heavy atom. The van der Waals surface area contributed by atoms with Crippen molar-refractivity contribution in [3.8, 4) is 0 Å². The molecule has 1 heterocycles. The van der Waals surface area contributed by atoms with Crippen LogP contribution in [-0.4, -0.2) is 9.55 Å². The standard InChI is InChI=1S/C13H16BrN3/c1-3-17-9-15-7-13(17)8-16-12-5-10(2)4-11(14)6-12/h4-7,9,16H,3,8H2,1-2H3. The summed E-state index contributed by atoms with van der Waals surface area (Å²) in [7, 11) is 0. The maximum atomic E-state index is 4.15. The molecule has 0 saturated carbocycles. The van der Waals surface area contributed by atoms with Gasteiger partial charge in [0.2, 0.25) is 0 Å². The number of aromatic nitrogens is 2.